The molecule has 208 valence electrons. The van der Waals surface area contributed by atoms with Crippen LogP contribution >= 0.6 is 23.2 Å². The van der Waals surface area contributed by atoms with Crippen molar-refractivity contribution in [3.8, 4) is 0 Å². The summed E-state index contributed by atoms with van der Waals surface area (Å²) in [5.74, 6) is -0.816. The van der Waals surface area contributed by atoms with Crippen LogP contribution in [0.2, 0.25) is 10.0 Å². The zero-order chi connectivity index (χ0) is 28.6. The van der Waals surface area contributed by atoms with Gasteiger partial charge in [0, 0.05) is 36.1 Å². The maximum absolute atomic E-state index is 13.8. The number of rotatable bonds is 12. The fourth-order valence-electron chi connectivity index (χ4n) is 3.93. The Balaban J connectivity index is 1.97. The van der Waals surface area contributed by atoms with Crippen LogP contribution in [0.4, 0.5) is 0 Å². The first-order valence-electron chi connectivity index (χ1n) is 12.6. The maximum Gasteiger partial charge on any atom is 0.243 e. The van der Waals surface area contributed by atoms with E-state index in [0.717, 1.165) is 21.9 Å². The molecule has 0 fully saturated rings. The summed E-state index contributed by atoms with van der Waals surface area (Å²) in [4.78, 5) is 28.9. The summed E-state index contributed by atoms with van der Waals surface area (Å²) < 4.78 is 27.4. The normalized spacial score (nSPS) is 13.1. The van der Waals surface area contributed by atoms with E-state index in [1.165, 1.54) is 36.2 Å². The van der Waals surface area contributed by atoms with Crippen molar-refractivity contribution in [1.29, 1.82) is 0 Å². The SMILES string of the molecule is CC[C@H](C)NC(=O)[C@@H](Cc1ccccc1)N(Cc1ccc(Cl)cc1)C(=O)CN(C)S(=O)(=O)c1ccc(Cl)cc1. The lowest BCUT2D eigenvalue weighted by atomic mass is 10.0. The molecule has 0 spiro atoms. The van der Waals surface area contributed by atoms with Crippen LogP contribution < -0.4 is 5.32 Å². The summed E-state index contributed by atoms with van der Waals surface area (Å²) in [6.45, 7) is 3.50. The van der Waals surface area contributed by atoms with Crippen LogP contribution in [0.25, 0.3) is 0 Å². The van der Waals surface area contributed by atoms with E-state index in [1.807, 2.05) is 44.2 Å². The van der Waals surface area contributed by atoms with Gasteiger partial charge in [-0.25, -0.2) is 8.42 Å². The van der Waals surface area contributed by atoms with Crippen molar-refractivity contribution in [1.82, 2.24) is 14.5 Å². The number of nitrogens with one attached hydrogen (secondary N) is 1. The zero-order valence-corrected chi connectivity index (χ0v) is 24.5. The van der Waals surface area contributed by atoms with Crippen molar-refractivity contribution >= 4 is 45.0 Å². The van der Waals surface area contributed by atoms with Gasteiger partial charge in [0.05, 0.1) is 11.4 Å². The third kappa shape index (κ3) is 8.54. The minimum absolute atomic E-state index is 0.0156. The molecule has 0 radical (unpaired) electrons. The molecule has 0 saturated carbocycles. The van der Waals surface area contributed by atoms with Crippen LogP contribution in [0.3, 0.4) is 0 Å². The van der Waals surface area contributed by atoms with Crippen LogP contribution in [-0.4, -0.2) is 55.1 Å². The number of likely N-dealkylation sites (N-methyl/N-ethyl adjacent to an activating group) is 1. The number of carbonyl (C=O) groups excluding carboxylic acids is 2. The van der Waals surface area contributed by atoms with Crippen molar-refractivity contribution in [3.05, 3.63) is 100 Å². The average Bonchev–Trinajstić information content (AvgIpc) is 2.92. The minimum atomic E-state index is -3.98. The lowest BCUT2D eigenvalue weighted by Crippen LogP contribution is -2.54. The quantitative estimate of drug-likeness (QED) is 0.316. The molecule has 3 aromatic rings. The van der Waals surface area contributed by atoms with Crippen molar-refractivity contribution in [3.63, 3.8) is 0 Å². The van der Waals surface area contributed by atoms with Crippen molar-refractivity contribution in [2.75, 3.05) is 13.6 Å². The van der Waals surface area contributed by atoms with Gasteiger partial charge in [-0.3, -0.25) is 9.59 Å². The number of halogens is 2. The highest BCUT2D eigenvalue weighted by Crippen LogP contribution is 2.20. The molecule has 0 unspecified atom stereocenters. The van der Waals surface area contributed by atoms with Gasteiger partial charge < -0.3 is 10.2 Å². The van der Waals surface area contributed by atoms with Crippen molar-refractivity contribution < 1.29 is 18.0 Å². The molecule has 0 aliphatic rings. The highest BCUT2D eigenvalue weighted by Gasteiger charge is 2.33. The summed E-state index contributed by atoms with van der Waals surface area (Å²) in [6, 6.07) is 21.2. The molecule has 0 aliphatic carbocycles. The van der Waals surface area contributed by atoms with E-state index >= 15 is 0 Å². The number of carbonyl (C=O) groups is 2. The molecule has 1 N–H and O–H groups in total. The smallest absolute Gasteiger partial charge is 0.243 e. The van der Waals surface area contributed by atoms with Gasteiger partial charge in [0.1, 0.15) is 6.04 Å². The maximum atomic E-state index is 13.8. The second kappa shape index (κ2) is 13.9. The Bertz CT molecular complexity index is 1350. The first kappa shape index (κ1) is 30.6. The average molecular weight is 591 g/mol. The van der Waals surface area contributed by atoms with Crippen molar-refractivity contribution in [2.45, 2.75) is 50.2 Å². The second-order valence-electron chi connectivity index (χ2n) is 9.39. The van der Waals surface area contributed by atoms with E-state index in [-0.39, 0.29) is 29.8 Å². The third-order valence-electron chi connectivity index (χ3n) is 6.42. The Hall–Kier alpha value is -2.91. The summed E-state index contributed by atoms with van der Waals surface area (Å²) in [7, 11) is -2.64. The monoisotopic (exact) mass is 589 g/mol. The van der Waals surface area contributed by atoms with E-state index in [9.17, 15) is 18.0 Å². The number of sulfonamides is 1. The van der Waals surface area contributed by atoms with Gasteiger partial charge in [-0.15, -0.1) is 0 Å². The van der Waals surface area contributed by atoms with Gasteiger partial charge in [-0.1, -0.05) is 72.6 Å². The topological polar surface area (TPSA) is 86.8 Å². The molecule has 39 heavy (non-hydrogen) atoms. The van der Waals surface area contributed by atoms with E-state index < -0.39 is 28.5 Å². The zero-order valence-electron chi connectivity index (χ0n) is 22.2. The fourth-order valence-corrected chi connectivity index (χ4v) is 5.31. The first-order chi connectivity index (χ1) is 18.5. The first-order valence-corrected chi connectivity index (χ1v) is 14.8. The van der Waals surface area contributed by atoms with Crippen LogP contribution in [0.1, 0.15) is 31.4 Å². The molecule has 2 amide bonds. The molecular weight excluding hydrogens is 557 g/mol. The number of amides is 2. The number of hydrogen-bond acceptors (Lipinski definition) is 4. The predicted octanol–water partition coefficient (Wildman–Crippen LogP) is 5.17. The molecule has 10 heteroatoms. The lowest BCUT2D eigenvalue weighted by molar-refractivity contribution is -0.141. The Morgan fingerprint density at radius 3 is 2.00 bits per heavy atom. The van der Waals surface area contributed by atoms with Gasteiger partial charge >= 0.3 is 0 Å². The van der Waals surface area contributed by atoms with Crippen molar-refractivity contribution in [2.24, 2.45) is 0 Å². The van der Waals surface area contributed by atoms with E-state index in [1.54, 1.807) is 24.3 Å². The number of benzene rings is 3. The Kier molecular flexibility index (Phi) is 10.9. The Morgan fingerprint density at radius 1 is 0.872 bits per heavy atom. The molecule has 2 atom stereocenters. The Morgan fingerprint density at radius 2 is 1.44 bits per heavy atom. The number of hydrogen-bond donors (Lipinski definition) is 1. The van der Waals surface area contributed by atoms with E-state index in [2.05, 4.69) is 5.32 Å². The Labute approximate surface area is 240 Å². The van der Waals surface area contributed by atoms with E-state index in [4.69, 9.17) is 23.2 Å². The molecular formula is C29H33Cl2N3O4S. The van der Waals surface area contributed by atoms with Gasteiger partial charge in [0.15, 0.2) is 0 Å². The molecule has 0 aliphatic heterocycles. The highest BCUT2D eigenvalue weighted by atomic mass is 35.5. The molecule has 7 nitrogen and oxygen atoms in total. The van der Waals surface area contributed by atoms with Gasteiger partial charge in [-0.05, 0) is 60.9 Å². The minimum Gasteiger partial charge on any atom is -0.352 e. The number of nitrogens with zero attached hydrogens (tertiary/aromatic N) is 2. The molecule has 0 bridgehead atoms. The van der Waals surface area contributed by atoms with Crippen LogP contribution in [0.5, 0.6) is 0 Å². The van der Waals surface area contributed by atoms with Gasteiger partial charge in [-0.2, -0.15) is 4.31 Å². The van der Waals surface area contributed by atoms with Crippen LogP contribution in [-0.2, 0) is 32.6 Å². The lowest BCUT2D eigenvalue weighted by Gasteiger charge is -2.33. The molecule has 0 aromatic heterocycles. The molecule has 0 saturated heterocycles. The highest BCUT2D eigenvalue weighted by molar-refractivity contribution is 7.89. The predicted molar refractivity (Wildman–Crippen MR) is 155 cm³/mol. The van der Waals surface area contributed by atoms with E-state index in [0.29, 0.717) is 10.0 Å². The molecule has 3 rings (SSSR count). The van der Waals surface area contributed by atoms with Crippen LogP contribution in [0.15, 0.2) is 83.8 Å². The summed E-state index contributed by atoms with van der Waals surface area (Å²) in [5.41, 5.74) is 1.63. The summed E-state index contributed by atoms with van der Waals surface area (Å²) in [6.07, 6.45) is 0.979. The second-order valence-corrected chi connectivity index (χ2v) is 12.3. The standard InChI is InChI=1S/C29H33Cl2N3O4S/c1-4-21(2)32-29(36)27(18-22-8-6-5-7-9-22)34(19-23-10-12-24(30)13-11-23)28(35)20-33(3)39(37,38)26-16-14-25(31)15-17-26/h5-17,21,27H,4,18-20H2,1-3H3,(H,32,36)/t21-,27+/m0/s1. The fraction of sp³-hybridized carbons (Fsp3) is 0.310. The van der Waals surface area contributed by atoms with Crippen LogP contribution in [0, 0.1) is 0 Å². The largest absolute Gasteiger partial charge is 0.352 e. The molecule has 0 heterocycles. The van der Waals surface area contributed by atoms with Gasteiger partial charge in [0.2, 0.25) is 21.8 Å². The molecule has 3 aromatic carbocycles. The summed E-state index contributed by atoms with van der Waals surface area (Å²) >= 11 is 12.0. The summed E-state index contributed by atoms with van der Waals surface area (Å²) in [5, 5.41) is 3.94. The van der Waals surface area contributed by atoms with Gasteiger partial charge in [0.25, 0.3) is 0 Å². The third-order valence-corrected chi connectivity index (χ3v) is 8.74.